The zero-order valence-corrected chi connectivity index (χ0v) is 14.4. The Labute approximate surface area is 146 Å². The second-order valence-electron chi connectivity index (χ2n) is 6.71. The van der Waals surface area contributed by atoms with Crippen molar-refractivity contribution in [2.24, 2.45) is 5.73 Å². The Balaban J connectivity index is 1.50. The van der Waals surface area contributed by atoms with Crippen molar-refractivity contribution in [3.8, 4) is 0 Å². The van der Waals surface area contributed by atoms with E-state index in [0.717, 1.165) is 43.5 Å². The molecule has 3 heterocycles. The van der Waals surface area contributed by atoms with Gasteiger partial charge in [0.2, 0.25) is 0 Å². The third-order valence-corrected chi connectivity index (χ3v) is 4.76. The van der Waals surface area contributed by atoms with E-state index in [2.05, 4.69) is 25.8 Å². The molecule has 25 heavy (non-hydrogen) atoms. The summed E-state index contributed by atoms with van der Waals surface area (Å²) in [5, 5.41) is 0. The standard InChI is InChI=1S/C18H22N6O/c1-12-11-15(22-17(21-12)13-4-5-13)23-7-9-24(10-8-23)18-14(16(19)25)3-2-6-20-18/h2-3,6,11,13H,4-5,7-10H2,1H3,(H2,19,25). The summed E-state index contributed by atoms with van der Waals surface area (Å²) in [5.74, 6) is 2.77. The summed E-state index contributed by atoms with van der Waals surface area (Å²) in [5.41, 5.74) is 6.97. The Morgan fingerprint density at radius 3 is 2.56 bits per heavy atom. The van der Waals surface area contributed by atoms with Gasteiger partial charge in [0.25, 0.3) is 5.91 Å². The Bertz CT molecular complexity index is 796. The number of piperazine rings is 1. The van der Waals surface area contributed by atoms with Gasteiger partial charge in [0.15, 0.2) is 0 Å². The van der Waals surface area contributed by atoms with Crippen LogP contribution in [0.2, 0.25) is 0 Å². The molecule has 1 saturated carbocycles. The molecular formula is C18H22N6O. The number of rotatable bonds is 4. The van der Waals surface area contributed by atoms with E-state index in [4.69, 9.17) is 10.7 Å². The zero-order chi connectivity index (χ0) is 17.4. The van der Waals surface area contributed by atoms with E-state index in [1.165, 1.54) is 12.8 Å². The summed E-state index contributed by atoms with van der Waals surface area (Å²) < 4.78 is 0. The number of carbonyl (C=O) groups excluding carboxylic acids is 1. The number of carbonyl (C=O) groups is 1. The Hall–Kier alpha value is -2.70. The molecule has 0 bridgehead atoms. The van der Waals surface area contributed by atoms with Gasteiger partial charge in [0.05, 0.1) is 5.56 Å². The molecule has 0 atom stereocenters. The van der Waals surface area contributed by atoms with E-state index < -0.39 is 5.91 Å². The van der Waals surface area contributed by atoms with Crippen LogP contribution in [-0.4, -0.2) is 47.0 Å². The molecule has 0 spiro atoms. The van der Waals surface area contributed by atoms with Crippen LogP contribution >= 0.6 is 0 Å². The molecule has 1 amide bonds. The lowest BCUT2D eigenvalue weighted by molar-refractivity contribution is 0.100. The lowest BCUT2D eigenvalue weighted by Crippen LogP contribution is -2.47. The number of amides is 1. The van der Waals surface area contributed by atoms with Crippen molar-refractivity contribution in [3.05, 3.63) is 41.5 Å². The van der Waals surface area contributed by atoms with Crippen LogP contribution in [0.4, 0.5) is 11.6 Å². The average Bonchev–Trinajstić information content (AvgIpc) is 3.46. The van der Waals surface area contributed by atoms with Crippen molar-refractivity contribution in [2.75, 3.05) is 36.0 Å². The normalized spacial score (nSPS) is 17.6. The van der Waals surface area contributed by atoms with Crippen LogP contribution < -0.4 is 15.5 Å². The molecule has 2 fully saturated rings. The molecule has 0 aromatic carbocycles. The number of nitrogens with two attached hydrogens (primary N) is 1. The second kappa shape index (κ2) is 6.31. The van der Waals surface area contributed by atoms with Gasteiger partial charge in [0, 0.05) is 50.1 Å². The van der Waals surface area contributed by atoms with Crippen molar-refractivity contribution >= 4 is 17.5 Å². The number of pyridine rings is 1. The fourth-order valence-corrected chi connectivity index (χ4v) is 3.25. The highest BCUT2D eigenvalue weighted by Crippen LogP contribution is 2.38. The van der Waals surface area contributed by atoms with Crippen LogP contribution in [0.3, 0.4) is 0 Å². The summed E-state index contributed by atoms with van der Waals surface area (Å²) in [4.78, 5) is 29.7. The molecule has 2 aromatic heterocycles. The topological polar surface area (TPSA) is 88.2 Å². The number of aromatic nitrogens is 3. The maximum atomic E-state index is 11.6. The minimum absolute atomic E-state index is 0.439. The molecule has 1 aliphatic heterocycles. The molecule has 0 radical (unpaired) electrons. The van der Waals surface area contributed by atoms with Gasteiger partial charge in [-0.05, 0) is 31.9 Å². The third kappa shape index (κ3) is 3.26. The molecule has 2 aliphatic rings. The summed E-state index contributed by atoms with van der Waals surface area (Å²) in [7, 11) is 0. The van der Waals surface area contributed by atoms with Crippen molar-refractivity contribution in [2.45, 2.75) is 25.7 Å². The van der Waals surface area contributed by atoms with Crippen molar-refractivity contribution < 1.29 is 4.79 Å². The van der Waals surface area contributed by atoms with Gasteiger partial charge in [-0.25, -0.2) is 15.0 Å². The Morgan fingerprint density at radius 1 is 1.16 bits per heavy atom. The number of anilines is 2. The molecule has 130 valence electrons. The molecule has 1 aliphatic carbocycles. The lowest BCUT2D eigenvalue weighted by Gasteiger charge is -2.36. The molecule has 0 unspecified atom stereocenters. The first kappa shape index (κ1) is 15.8. The van der Waals surface area contributed by atoms with Crippen LogP contribution in [0.15, 0.2) is 24.4 Å². The number of primary amides is 1. The summed E-state index contributed by atoms with van der Waals surface area (Å²) in [6, 6.07) is 5.52. The lowest BCUT2D eigenvalue weighted by atomic mass is 10.2. The van der Waals surface area contributed by atoms with Gasteiger partial charge in [-0.15, -0.1) is 0 Å². The van der Waals surface area contributed by atoms with E-state index in [1.54, 1.807) is 18.3 Å². The van der Waals surface area contributed by atoms with Crippen molar-refractivity contribution in [1.29, 1.82) is 0 Å². The number of hydrogen-bond acceptors (Lipinski definition) is 6. The smallest absolute Gasteiger partial charge is 0.252 e. The van der Waals surface area contributed by atoms with Gasteiger partial charge in [-0.2, -0.15) is 0 Å². The molecule has 2 N–H and O–H groups in total. The maximum absolute atomic E-state index is 11.6. The highest BCUT2D eigenvalue weighted by molar-refractivity contribution is 5.97. The fraction of sp³-hybridized carbons (Fsp3) is 0.444. The molecular weight excluding hydrogens is 316 g/mol. The third-order valence-electron chi connectivity index (χ3n) is 4.76. The van der Waals surface area contributed by atoms with Gasteiger partial charge in [-0.1, -0.05) is 0 Å². The number of nitrogens with zero attached hydrogens (tertiary/aromatic N) is 5. The maximum Gasteiger partial charge on any atom is 0.252 e. The first-order chi connectivity index (χ1) is 12.1. The number of hydrogen-bond donors (Lipinski definition) is 1. The minimum Gasteiger partial charge on any atom is -0.365 e. The van der Waals surface area contributed by atoms with Gasteiger partial charge >= 0.3 is 0 Å². The Kier molecular flexibility index (Phi) is 3.99. The molecule has 4 rings (SSSR count). The Morgan fingerprint density at radius 2 is 1.88 bits per heavy atom. The van der Waals surface area contributed by atoms with Crippen LogP contribution in [0, 0.1) is 6.92 Å². The zero-order valence-electron chi connectivity index (χ0n) is 14.4. The van der Waals surface area contributed by atoms with Crippen LogP contribution in [0.1, 0.15) is 40.6 Å². The van der Waals surface area contributed by atoms with Gasteiger partial charge < -0.3 is 15.5 Å². The van der Waals surface area contributed by atoms with E-state index in [0.29, 0.717) is 17.3 Å². The van der Waals surface area contributed by atoms with Crippen LogP contribution in [0.5, 0.6) is 0 Å². The monoisotopic (exact) mass is 338 g/mol. The highest BCUT2D eigenvalue weighted by atomic mass is 16.1. The van der Waals surface area contributed by atoms with E-state index in [-0.39, 0.29) is 0 Å². The average molecular weight is 338 g/mol. The highest BCUT2D eigenvalue weighted by Gasteiger charge is 2.28. The summed E-state index contributed by atoms with van der Waals surface area (Å²) in [6.07, 6.45) is 4.10. The number of aryl methyl sites for hydroxylation is 1. The SMILES string of the molecule is Cc1cc(N2CCN(c3ncccc3C(N)=O)CC2)nc(C2CC2)n1. The summed E-state index contributed by atoms with van der Waals surface area (Å²) >= 11 is 0. The van der Waals surface area contributed by atoms with Crippen LogP contribution in [-0.2, 0) is 0 Å². The second-order valence-corrected chi connectivity index (χ2v) is 6.71. The first-order valence-corrected chi connectivity index (χ1v) is 8.72. The molecule has 7 heteroatoms. The quantitative estimate of drug-likeness (QED) is 0.908. The van der Waals surface area contributed by atoms with E-state index in [1.807, 2.05) is 6.92 Å². The largest absolute Gasteiger partial charge is 0.365 e. The van der Waals surface area contributed by atoms with Gasteiger partial charge in [-0.3, -0.25) is 4.79 Å². The summed E-state index contributed by atoms with van der Waals surface area (Å²) in [6.45, 7) is 5.24. The minimum atomic E-state index is -0.439. The van der Waals surface area contributed by atoms with E-state index >= 15 is 0 Å². The molecule has 2 aromatic rings. The molecule has 1 saturated heterocycles. The van der Waals surface area contributed by atoms with E-state index in [9.17, 15) is 4.79 Å². The predicted molar refractivity (Wildman–Crippen MR) is 95.9 cm³/mol. The first-order valence-electron chi connectivity index (χ1n) is 8.72. The van der Waals surface area contributed by atoms with Crippen molar-refractivity contribution in [1.82, 2.24) is 15.0 Å². The fourth-order valence-electron chi connectivity index (χ4n) is 3.25. The van der Waals surface area contributed by atoms with Crippen molar-refractivity contribution in [3.63, 3.8) is 0 Å². The predicted octanol–water partition coefficient (Wildman–Crippen LogP) is 1.48. The van der Waals surface area contributed by atoms with Crippen LogP contribution in [0.25, 0.3) is 0 Å². The molecule has 7 nitrogen and oxygen atoms in total. The van der Waals surface area contributed by atoms with Gasteiger partial charge in [0.1, 0.15) is 17.5 Å².